The highest BCUT2D eigenvalue weighted by Crippen LogP contribution is 2.36. The summed E-state index contributed by atoms with van der Waals surface area (Å²) in [6, 6.07) is 6.49. The van der Waals surface area contributed by atoms with Crippen LogP contribution in [0.3, 0.4) is 0 Å². The molecule has 18 heavy (non-hydrogen) atoms. The molecule has 1 saturated carbocycles. The number of hydrogen-bond donors (Lipinski definition) is 0. The summed E-state index contributed by atoms with van der Waals surface area (Å²) in [5.74, 6) is 1.69. The average Bonchev–Trinajstić information content (AvgIpc) is 2.96. The monoisotopic (exact) mass is 282 g/mol. The van der Waals surface area contributed by atoms with Crippen molar-refractivity contribution in [2.75, 3.05) is 5.88 Å². The van der Waals surface area contributed by atoms with Crippen LogP contribution in [-0.4, -0.2) is 15.4 Å². The molecule has 0 saturated heterocycles. The van der Waals surface area contributed by atoms with Crippen LogP contribution in [0.4, 0.5) is 0 Å². The molecule has 2 nitrogen and oxygen atoms in total. The van der Waals surface area contributed by atoms with Crippen LogP contribution in [0.25, 0.3) is 11.0 Å². The summed E-state index contributed by atoms with van der Waals surface area (Å²) >= 11 is 12.3. The number of nitrogens with zero attached hydrogens (tertiary/aromatic N) is 2. The molecule has 0 unspecified atom stereocenters. The van der Waals surface area contributed by atoms with Crippen LogP contribution >= 0.6 is 23.2 Å². The molecule has 4 heteroatoms. The number of halogens is 2. The Bertz CT molecular complexity index is 556. The second-order valence-electron chi connectivity index (χ2n) is 4.88. The maximum Gasteiger partial charge on any atom is 0.111 e. The molecule has 0 atom stereocenters. The lowest BCUT2D eigenvalue weighted by Gasteiger charge is -2.16. The van der Waals surface area contributed by atoms with Gasteiger partial charge in [-0.15, -0.1) is 11.6 Å². The molecule has 2 aromatic rings. The van der Waals surface area contributed by atoms with Crippen molar-refractivity contribution >= 4 is 34.2 Å². The first-order valence-corrected chi connectivity index (χ1v) is 7.44. The van der Waals surface area contributed by atoms with E-state index in [-0.39, 0.29) is 0 Å². The van der Waals surface area contributed by atoms with Gasteiger partial charge in [-0.2, -0.15) is 0 Å². The minimum atomic E-state index is 0.549. The molecule has 1 aliphatic carbocycles. The predicted molar refractivity (Wildman–Crippen MR) is 76.7 cm³/mol. The first-order valence-electron chi connectivity index (χ1n) is 6.52. The first-order chi connectivity index (χ1) is 8.81. The van der Waals surface area contributed by atoms with Gasteiger partial charge in [0.25, 0.3) is 0 Å². The van der Waals surface area contributed by atoms with E-state index in [1.165, 1.54) is 25.7 Å². The topological polar surface area (TPSA) is 17.8 Å². The van der Waals surface area contributed by atoms with Gasteiger partial charge in [0.1, 0.15) is 5.82 Å². The van der Waals surface area contributed by atoms with Crippen LogP contribution < -0.4 is 0 Å². The Balaban J connectivity index is 2.19. The highest BCUT2D eigenvalue weighted by molar-refractivity contribution is 6.35. The second-order valence-corrected chi connectivity index (χ2v) is 5.67. The van der Waals surface area contributed by atoms with Crippen molar-refractivity contribution in [1.29, 1.82) is 0 Å². The molecule has 0 N–H and O–H groups in total. The lowest BCUT2D eigenvalue weighted by molar-refractivity contribution is 0.513. The Morgan fingerprint density at radius 1 is 1.28 bits per heavy atom. The summed E-state index contributed by atoms with van der Waals surface area (Å²) in [5, 5.41) is 0.799. The van der Waals surface area contributed by atoms with Crippen molar-refractivity contribution in [3.63, 3.8) is 0 Å². The molecule has 0 bridgehead atoms. The Hall–Kier alpha value is -0.730. The van der Waals surface area contributed by atoms with Gasteiger partial charge >= 0.3 is 0 Å². The lowest BCUT2D eigenvalue weighted by atomic mass is 10.2. The summed E-state index contributed by atoms with van der Waals surface area (Å²) in [7, 11) is 0. The molecule has 1 heterocycles. The average molecular weight is 283 g/mol. The lowest BCUT2D eigenvalue weighted by Crippen LogP contribution is -2.10. The molecule has 1 aromatic heterocycles. The van der Waals surface area contributed by atoms with Crippen LogP contribution in [0, 0.1) is 0 Å². The van der Waals surface area contributed by atoms with Gasteiger partial charge in [-0.25, -0.2) is 4.98 Å². The molecular weight excluding hydrogens is 267 g/mol. The normalized spacial score (nSPS) is 16.8. The minimum Gasteiger partial charge on any atom is -0.324 e. The maximum absolute atomic E-state index is 6.36. The summed E-state index contributed by atoms with van der Waals surface area (Å²) in [4.78, 5) is 4.70. The largest absolute Gasteiger partial charge is 0.324 e. The number of fused-ring (bicyclic) bond motifs is 1. The third kappa shape index (κ3) is 2.02. The van der Waals surface area contributed by atoms with Crippen molar-refractivity contribution in [3.8, 4) is 0 Å². The number of rotatable bonds is 3. The number of imidazole rings is 1. The van der Waals surface area contributed by atoms with Crippen molar-refractivity contribution in [3.05, 3.63) is 29.0 Å². The molecule has 0 radical (unpaired) electrons. The van der Waals surface area contributed by atoms with E-state index < -0.39 is 0 Å². The maximum atomic E-state index is 6.36. The van der Waals surface area contributed by atoms with Crippen LogP contribution in [-0.2, 0) is 6.42 Å². The molecular formula is C14H16Cl2N2. The van der Waals surface area contributed by atoms with Crippen LogP contribution in [0.5, 0.6) is 0 Å². The van der Waals surface area contributed by atoms with Gasteiger partial charge in [0.15, 0.2) is 0 Å². The van der Waals surface area contributed by atoms with Crippen molar-refractivity contribution in [1.82, 2.24) is 9.55 Å². The molecule has 1 aliphatic rings. The van der Waals surface area contributed by atoms with Crippen LogP contribution in [0.2, 0.25) is 5.02 Å². The second kappa shape index (κ2) is 5.10. The molecule has 1 aromatic carbocycles. The number of alkyl halides is 1. The highest BCUT2D eigenvalue weighted by atomic mass is 35.5. The fraction of sp³-hybridized carbons (Fsp3) is 0.500. The minimum absolute atomic E-state index is 0.549. The summed E-state index contributed by atoms with van der Waals surface area (Å²) in [5.41, 5.74) is 2.08. The van der Waals surface area contributed by atoms with Crippen LogP contribution in [0.15, 0.2) is 18.2 Å². The van der Waals surface area contributed by atoms with Gasteiger partial charge in [-0.3, -0.25) is 0 Å². The number of hydrogen-bond acceptors (Lipinski definition) is 1. The zero-order valence-corrected chi connectivity index (χ0v) is 11.7. The molecule has 96 valence electrons. The molecule has 1 fully saturated rings. The highest BCUT2D eigenvalue weighted by Gasteiger charge is 2.23. The van der Waals surface area contributed by atoms with E-state index in [0.29, 0.717) is 11.9 Å². The fourth-order valence-electron chi connectivity index (χ4n) is 2.97. The number of benzene rings is 1. The number of aryl methyl sites for hydroxylation is 1. The standard InChI is InChI=1S/C14H16Cl2N2/c15-9-8-13-17-12-7-3-6-11(16)14(12)18(13)10-4-1-2-5-10/h3,6-7,10H,1-2,4-5,8-9H2. The van der Waals surface area contributed by atoms with E-state index in [2.05, 4.69) is 4.57 Å². The molecule has 0 amide bonds. The third-order valence-electron chi connectivity index (χ3n) is 3.74. The van der Waals surface area contributed by atoms with Crippen molar-refractivity contribution in [2.24, 2.45) is 0 Å². The zero-order chi connectivity index (χ0) is 12.5. The Morgan fingerprint density at radius 3 is 2.78 bits per heavy atom. The summed E-state index contributed by atoms with van der Waals surface area (Å²) < 4.78 is 2.34. The summed E-state index contributed by atoms with van der Waals surface area (Å²) in [6.07, 6.45) is 5.87. The van der Waals surface area contributed by atoms with Gasteiger partial charge in [0.05, 0.1) is 16.1 Å². The van der Waals surface area contributed by atoms with Gasteiger partial charge < -0.3 is 4.57 Å². The quantitative estimate of drug-likeness (QED) is 0.753. The fourth-order valence-corrected chi connectivity index (χ4v) is 3.40. The first kappa shape index (κ1) is 12.3. The SMILES string of the molecule is ClCCc1nc2cccc(Cl)c2n1C1CCCC1. The van der Waals surface area contributed by atoms with Gasteiger partial charge in [0, 0.05) is 18.3 Å². The van der Waals surface area contributed by atoms with E-state index >= 15 is 0 Å². The predicted octanol–water partition coefficient (Wildman–Crippen LogP) is 4.59. The molecule has 0 spiro atoms. The summed E-state index contributed by atoms with van der Waals surface area (Å²) in [6.45, 7) is 0. The number of aromatic nitrogens is 2. The van der Waals surface area contributed by atoms with Crippen molar-refractivity contribution < 1.29 is 0 Å². The molecule has 3 rings (SSSR count). The van der Waals surface area contributed by atoms with Crippen LogP contribution in [0.1, 0.15) is 37.5 Å². The van der Waals surface area contributed by atoms with E-state index in [1.54, 1.807) is 0 Å². The Kier molecular flexibility index (Phi) is 3.49. The van der Waals surface area contributed by atoms with Gasteiger partial charge in [-0.05, 0) is 25.0 Å². The smallest absolute Gasteiger partial charge is 0.111 e. The Morgan fingerprint density at radius 2 is 2.06 bits per heavy atom. The third-order valence-corrected chi connectivity index (χ3v) is 4.24. The molecule has 0 aliphatic heterocycles. The Labute approximate surface area is 117 Å². The zero-order valence-electron chi connectivity index (χ0n) is 10.2. The van der Waals surface area contributed by atoms with E-state index in [1.807, 2.05) is 18.2 Å². The van der Waals surface area contributed by atoms with Crippen molar-refractivity contribution in [2.45, 2.75) is 38.1 Å². The van der Waals surface area contributed by atoms with Gasteiger partial charge in [-0.1, -0.05) is 30.5 Å². The number of para-hydroxylation sites is 1. The van der Waals surface area contributed by atoms with E-state index in [0.717, 1.165) is 28.3 Å². The van der Waals surface area contributed by atoms with Gasteiger partial charge in [0.2, 0.25) is 0 Å². The van der Waals surface area contributed by atoms with E-state index in [9.17, 15) is 0 Å². The van der Waals surface area contributed by atoms with E-state index in [4.69, 9.17) is 28.2 Å².